The Morgan fingerprint density at radius 1 is 1.30 bits per heavy atom. The number of esters is 1. The molecule has 140 valence electrons. The highest BCUT2D eigenvalue weighted by molar-refractivity contribution is 6.03. The quantitative estimate of drug-likeness (QED) is 0.578. The second-order valence-electron chi connectivity index (χ2n) is 5.86. The molecule has 27 heavy (non-hydrogen) atoms. The number of carbonyl (C=O) groups is 2. The van der Waals surface area contributed by atoms with Gasteiger partial charge in [-0.1, -0.05) is 6.08 Å². The van der Waals surface area contributed by atoms with Crippen LogP contribution in [0.5, 0.6) is 5.75 Å². The van der Waals surface area contributed by atoms with Crippen molar-refractivity contribution in [3.05, 3.63) is 66.1 Å². The molecular weight excluding hydrogens is 348 g/mol. The summed E-state index contributed by atoms with van der Waals surface area (Å²) < 4.78 is 15.6. The lowest BCUT2D eigenvalue weighted by atomic mass is 10.0. The van der Waals surface area contributed by atoms with Gasteiger partial charge in [0.25, 0.3) is 5.91 Å². The number of carbonyl (C=O) groups excluding carboxylic acids is 2. The van der Waals surface area contributed by atoms with E-state index in [1.807, 2.05) is 24.3 Å². The first-order valence-corrected chi connectivity index (χ1v) is 8.49. The van der Waals surface area contributed by atoms with E-state index in [1.54, 1.807) is 38.5 Å². The van der Waals surface area contributed by atoms with Gasteiger partial charge in [-0.05, 0) is 48.9 Å². The molecule has 7 nitrogen and oxygen atoms in total. The van der Waals surface area contributed by atoms with Crippen molar-refractivity contribution in [2.24, 2.45) is 5.10 Å². The fourth-order valence-electron chi connectivity index (χ4n) is 2.78. The molecule has 3 rings (SSSR count). The number of ether oxygens (including phenoxy) is 2. The Bertz CT molecular complexity index is 853. The zero-order valence-electron chi connectivity index (χ0n) is 15.1. The van der Waals surface area contributed by atoms with Gasteiger partial charge in [0.2, 0.25) is 0 Å². The molecule has 0 saturated carbocycles. The Kier molecular flexibility index (Phi) is 5.71. The van der Waals surface area contributed by atoms with Crippen LogP contribution in [0, 0.1) is 0 Å². The molecule has 1 aliphatic heterocycles. The van der Waals surface area contributed by atoms with E-state index in [-0.39, 0.29) is 12.6 Å². The highest BCUT2D eigenvalue weighted by Gasteiger charge is 2.35. The van der Waals surface area contributed by atoms with E-state index in [0.29, 0.717) is 12.2 Å². The Balaban J connectivity index is 1.81. The van der Waals surface area contributed by atoms with Gasteiger partial charge in [-0.25, -0.2) is 9.80 Å². The monoisotopic (exact) mass is 368 g/mol. The predicted molar refractivity (Wildman–Crippen MR) is 98.2 cm³/mol. The average Bonchev–Trinajstić information content (AvgIpc) is 3.36. The Morgan fingerprint density at radius 3 is 2.70 bits per heavy atom. The Labute approximate surface area is 156 Å². The summed E-state index contributed by atoms with van der Waals surface area (Å²) in [6.45, 7) is 1.31. The van der Waals surface area contributed by atoms with Crippen LogP contribution >= 0.6 is 0 Å². The van der Waals surface area contributed by atoms with Crippen LogP contribution in [0.25, 0.3) is 0 Å². The van der Waals surface area contributed by atoms with Gasteiger partial charge >= 0.3 is 5.97 Å². The number of furan rings is 1. The molecule has 0 radical (unpaired) electrons. The number of amides is 1. The molecule has 0 N–H and O–H groups in total. The van der Waals surface area contributed by atoms with Crippen LogP contribution in [0.2, 0.25) is 0 Å². The summed E-state index contributed by atoms with van der Waals surface area (Å²) in [4.78, 5) is 24.1. The molecule has 2 aromatic rings. The van der Waals surface area contributed by atoms with Gasteiger partial charge in [0.05, 0.1) is 19.1 Å². The minimum Gasteiger partial charge on any atom is -0.497 e. The van der Waals surface area contributed by atoms with Crippen molar-refractivity contribution < 1.29 is 23.5 Å². The summed E-state index contributed by atoms with van der Waals surface area (Å²) in [6, 6.07) is 10.6. The molecular formula is C20H20N2O5. The minimum atomic E-state index is -0.570. The highest BCUT2D eigenvalue weighted by Crippen LogP contribution is 2.33. The number of hydrogen-bond donors (Lipinski definition) is 0. The van der Waals surface area contributed by atoms with Crippen LogP contribution < -0.4 is 4.74 Å². The van der Waals surface area contributed by atoms with Crippen molar-refractivity contribution in [3.8, 4) is 5.75 Å². The average molecular weight is 368 g/mol. The van der Waals surface area contributed by atoms with Crippen molar-refractivity contribution in [1.82, 2.24) is 5.01 Å². The first kappa shape index (κ1) is 18.4. The second kappa shape index (κ2) is 8.35. The van der Waals surface area contributed by atoms with Gasteiger partial charge in [-0.15, -0.1) is 0 Å². The molecule has 0 fully saturated rings. The standard InChI is InChI=1S/C20H20N2O5/c1-3-5-20(24)27-13-19(23)22-17(18-6-4-11-26-18)12-16(21-22)14-7-9-15(25-2)10-8-14/h3-11,17H,12-13H2,1-2H3/b5-3+/t17-/m0/s1. The first-order chi connectivity index (χ1) is 13.1. The molecule has 1 atom stereocenters. The molecule has 7 heteroatoms. The van der Waals surface area contributed by atoms with Gasteiger partial charge in [-0.3, -0.25) is 4.79 Å². The van der Waals surface area contributed by atoms with E-state index in [2.05, 4.69) is 5.10 Å². The highest BCUT2D eigenvalue weighted by atomic mass is 16.5. The van der Waals surface area contributed by atoms with Crippen LogP contribution in [0.4, 0.5) is 0 Å². The molecule has 0 spiro atoms. The smallest absolute Gasteiger partial charge is 0.330 e. The lowest BCUT2D eigenvalue weighted by Gasteiger charge is -2.19. The van der Waals surface area contributed by atoms with E-state index in [0.717, 1.165) is 17.0 Å². The van der Waals surface area contributed by atoms with Gasteiger partial charge in [0.1, 0.15) is 17.6 Å². The third-order valence-electron chi connectivity index (χ3n) is 4.10. The SMILES string of the molecule is C/C=C/C(=O)OCC(=O)N1N=C(c2ccc(OC)cc2)C[C@H]1c1ccco1. The molecule has 0 aliphatic carbocycles. The lowest BCUT2D eigenvalue weighted by Crippen LogP contribution is -2.31. The van der Waals surface area contributed by atoms with Gasteiger partial charge in [0.15, 0.2) is 6.61 Å². The maximum Gasteiger partial charge on any atom is 0.330 e. The Morgan fingerprint density at radius 2 is 2.07 bits per heavy atom. The van der Waals surface area contributed by atoms with Crippen LogP contribution in [-0.4, -0.2) is 36.3 Å². The van der Waals surface area contributed by atoms with Gasteiger partial charge < -0.3 is 13.9 Å². The van der Waals surface area contributed by atoms with Crippen molar-refractivity contribution in [2.75, 3.05) is 13.7 Å². The summed E-state index contributed by atoms with van der Waals surface area (Å²) in [7, 11) is 1.60. The normalized spacial score (nSPS) is 16.4. The van der Waals surface area contributed by atoms with Crippen LogP contribution in [0.15, 0.2) is 64.3 Å². The third kappa shape index (κ3) is 4.25. The lowest BCUT2D eigenvalue weighted by molar-refractivity contribution is -0.149. The number of hydrogen-bond acceptors (Lipinski definition) is 6. The fourth-order valence-corrected chi connectivity index (χ4v) is 2.78. The van der Waals surface area contributed by atoms with Crippen molar-refractivity contribution in [2.45, 2.75) is 19.4 Å². The summed E-state index contributed by atoms with van der Waals surface area (Å²) in [5, 5.41) is 5.79. The number of nitrogens with zero attached hydrogens (tertiary/aromatic N) is 2. The number of methoxy groups -OCH3 is 1. The van der Waals surface area contributed by atoms with Gasteiger partial charge in [-0.2, -0.15) is 5.10 Å². The molecule has 1 aromatic heterocycles. The molecule has 1 aliphatic rings. The largest absolute Gasteiger partial charge is 0.497 e. The Hall–Kier alpha value is -3.35. The maximum atomic E-state index is 12.6. The molecule has 1 amide bonds. The summed E-state index contributed by atoms with van der Waals surface area (Å²) in [6.07, 6.45) is 4.85. The van der Waals surface area contributed by atoms with Crippen molar-refractivity contribution in [1.29, 1.82) is 0 Å². The summed E-state index contributed by atoms with van der Waals surface area (Å²) in [5.41, 5.74) is 1.63. The van der Waals surface area contributed by atoms with Crippen molar-refractivity contribution >= 4 is 17.6 Å². The van der Waals surface area contributed by atoms with Gasteiger partial charge in [0, 0.05) is 12.5 Å². The first-order valence-electron chi connectivity index (χ1n) is 8.49. The summed E-state index contributed by atoms with van der Waals surface area (Å²) >= 11 is 0. The fraction of sp³-hybridized carbons (Fsp3) is 0.250. The number of allylic oxidation sites excluding steroid dienone is 1. The minimum absolute atomic E-state index is 0.384. The number of hydrazone groups is 1. The second-order valence-corrected chi connectivity index (χ2v) is 5.86. The van der Waals surface area contributed by atoms with E-state index in [1.165, 1.54) is 11.1 Å². The maximum absolute atomic E-state index is 12.6. The van der Waals surface area contributed by atoms with E-state index < -0.39 is 11.9 Å². The molecule has 0 saturated heterocycles. The predicted octanol–water partition coefficient (Wildman–Crippen LogP) is 3.09. The third-order valence-corrected chi connectivity index (χ3v) is 4.10. The van der Waals surface area contributed by atoms with E-state index in [9.17, 15) is 9.59 Å². The van der Waals surface area contributed by atoms with Crippen LogP contribution in [0.1, 0.15) is 30.7 Å². The molecule has 2 heterocycles. The molecule has 0 bridgehead atoms. The zero-order chi connectivity index (χ0) is 19.2. The van der Waals surface area contributed by atoms with Crippen LogP contribution in [-0.2, 0) is 14.3 Å². The molecule has 0 unspecified atom stereocenters. The zero-order valence-corrected chi connectivity index (χ0v) is 15.1. The van der Waals surface area contributed by atoms with E-state index in [4.69, 9.17) is 13.9 Å². The van der Waals surface area contributed by atoms with Crippen LogP contribution in [0.3, 0.4) is 0 Å². The number of benzene rings is 1. The topological polar surface area (TPSA) is 81.3 Å². The summed E-state index contributed by atoms with van der Waals surface area (Å²) in [5.74, 6) is 0.371. The van der Waals surface area contributed by atoms with Crippen molar-refractivity contribution in [3.63, 3.8) is 0 Å². The number of rotatable bonds is 6. The molecule has 1 aromatic carbocycles. The van der Waals surface area contributed by atoms with E-state index >= 15 is 0 Å².